The molecule has 0 saturated heterocycles. The van der Waals surface area contributed by atoms with Crippen LogP contribution in [-0.2, 0) is 17.7 Å². The lowest BCUT2D eigenvalue weighted by Gasteiger charge is -2.11. The van der Waals surface area contributed by atoms with Crippen molar-refractivity contribution in [3.8, 4) is 0 Å². The molecule has 2 rings (SSSR count). The zero-order valence-corrected chi connectivity index (χ0v) is 13.1. The summed E-state index contributed by atoms with van der Waals surface area (Å²) in [5, 5.41) is 19.3. The number of ether oxygens (including phenoxy) is 1. The molecule has 114 valence electrons. The van der Waals surface area contributed by atoms with Crippen LogP contribution >= 0.6 is 11.8 Å². The Bertz CT molecular complexity index is 398. The summed E-state index contributed by atoms with van der Waals surface area (Å²) in [5.41, 5.74) is 0. The van der Waals surface area contributed by atoms with Gasteiger partial charge in [-0.05, 0) is 19.3 Å². The number of aromatic nitrogens is 3. The van der Waals surface area contributed by atoms with Crippen molar-refractivity contribution in [2.75, 3.05) is 19.0 Å². The van der Waals surface area contributed by atoms with E-state index in [1.807, 2.05) is 0 Å². The molecule has 0 aliphatic carbocycles. The van der Waals surface area contributed by atoms with Crippen molar-refractivity contribution < 1.29 is 9.84 Å². The first-order valence-electron chi connectivity index (χ1n) is 7.62. The third-order valence-electron chi connectivity index (χ3n) is 3.43. The van der Waals surface area contributed by atoms with Crippen LogP contribution in [-0.4, -0.2) is 44.9 Å². The van der Waals surface area contributed by atoms with Gasteiger partial charge in [0.15, 0.2) is 5.16 Å². The van der Waals surface area contributed by atoms with Gasteiger partial charge < -0.3 is 14.4 Å². The number of fused-ring (bicyclic) bond motifs is 1. The minimum absolute atomic E-state index is 0.411. The van der Waals surface area contributed by atoms with Gasteiger partial charge in [-0.15, -0.1) is 10.2 Å². The topological polar surface area (TPSA) is 60.2 Å². The predicted molar refractivity (Wildman–Crippen MR) is 80.0 cm³/mol. The van der Waals surface area contributed by atoms with E-state index in [0.717, 1.165) is 43.4 Å². The highest BCUT2D eigenvalue weighted by Gasteiger charge is 2.16. The maximum Gasteiger partial charge on any atom is 0.191 e. The third kappa shape index (κ3) is 4.75. The second-order valence-electron chi connectivity index (χ2n) is 5.25. The molecule has 0 bridgehead atoms. The van der Waals surface area contributed by atoms with Gasteiger partial charge >= 0.3 is 0 Å². The van der Waals surface area contributed by atoms with Gasteiger partial charge in [-0.2, -0.15) is 0 Å². The molecule has 0 saturated carbocycles. The van der Waals surface area contributed by atoms with E-state index in [2.05, 4.69) is 21.7 Å². The maximum atomic E-state index is 9.90. The fraction of sp³-hybridized carbons (Fsp3) is 0.857. The molecule has 5 nitrogen and oxygen atoms in total. The Hall–Kier alpha value is -0.590. The number of hydrogen-bond donors (Lipinski definition) is 1. The van der Waals surface area contributed by atoms with Gasteiger partial charge in [0, 0.05) is 25.3 Å². The summed E-state index contributed by atoms with van der Waals surface area (Å²) >= 11 is 1.58. The molecular weight excluding hydrogens is 274 g/mol. The molecule has 1 aromatic heterocycles. The van der Waals surface area contributed by atoms with Gasteiger partial charge in [0.25, 0.3) is 0 Å². The number of aliphatic hydroxyl groups is 1. The molecule has 1 atom stereocenters. The van der Waals surface area contributed by atoms with Crippen LogP contribution in [0.3, 0.4) is 0 Å². The Labute approximate surface area is 125 Å². The van der Waals surface area contributed by atoms with E-state index in [0.29, 0.717) is 12.4 Å². The van der Waals surface area contributed by atoms with Crippen LogP contribution in [0.5, 0.6) is 0 Å². The average molecular weight is 299 g/mol. The van der Waals surface area contributed by atoms with Crippen molar-refractivity contribution in [3.63, 3.8) is 0 Å². The summed E-state index contributed by atoms with van der Waals surface area (Å²) < 4.78 is 7.64. The Morgan fingerprint density at radius 2 is 2.25 bits per heavy atom. The second kappa shape index (κ2) is 8.64. The molecule has 0 amide bonds. The molecule has 1 aliphatic rings. The highest BCUT2D eigenvalue weighted by Crippen LogP contribution is 2.22. The van der Waals surface area contributed by atoms with Crippen molar-refractivity contribution in [1.29, 1.82) is 0 Å². The number of rotatable bonds is 8. The molecule has 1 aliphatic heterocycles. The SMILES string of the molecule is CCCCOCC(O)CSc1nnc2n1CCCCC2. The molecule has 2 heterocycles. The first kappa shape index (κ1) is 15.8. The van der Waals surface area contributed by atoms with Crippen LogP contribution in [0, 0.1) is 0 Å². The summed E-state index contributed by atoms with van der Waals surface area (Å²) in [4.78, 5) is 0. The quantitative estimate of drug-likeness (QED) is 0.589. The number of aliphatic hydroxyl groups excluding tert-OH is 1. The van der Waals surface area contributed by atoms with Gasteiger partial charge in [-0.25, -0.2) is 0 Å². The van der Waals surface area contributed by atoms with Gasteiger partial charge in [-0.3, -0.25) is 0 Å². The van der Waals surface area contributed by atoms with Crippen molar-refractivity contribution in [2.24, 2.45) is 0 Å². The predicted octanol–water partition coefficient (Wildman–Crippen LogP) is 2.27. The van der Waals surface area contributed by atoms with E-state index in [4.69, 9.17) is 4.74 Å². The van der Waals surface area contributed by atoms with Crippen LogP contribution in [0.25, 0.3) is 0 Å². The molecule has 20 heavy (non-hydrogen) atoms. The first-order chi connectivity index (χ1) is 9.81. The van der Waals surface area contributed by atoms with E-state index in [1.165, 1.54) is 19.3 Å². The van der Waals surface area contributed by atoms with Crippen molar-refractivity contribution in [1.82, 2.24) is 14.8 Å². The van der Waals surface area contributed by atoms with Crippen molar-refractivity contribution >= 4 is 11.8 Å². The molecule has 0 spiro atoms. The minimum atomic E-state index is -0.435. The van der Waals surface area contributed by atoms with E-state index >= 15 is 0 Å². The van der Waals surface area contributed by atoms with Gasteiger partial charge in [0.2, 0.25) is 0 Å². The third-order valence-corrected chi connectivity index (χ3v) is 4.54. The zero-order chi connectivity index (χ0) is 14.2. The molecule has 6 heteroatoms. The molecule has 0 fully saturated rings. The highest BCUT2D eigenvalue weighted by atomic mass is 32.2. The number of unbranched alkanes of at least 4 members (excludes halogenated alkanes) is 1. The number of thioether (sulfide) groups is 1. The van der Waals surface area contributed by atoms with E-state index in [-0.39, 0.29) is 0 Å². The van der Waals surface area contributed by atoms with Crippen LogP contribution < -0.4 is 0 Å². The minimum Gasteiger partial charge on any atom is -0.390 e. The second-order valence-corrected chi connectivity index (χ2v) is 6.24. The van der Waals surface area contributed by atoms with E-state index in [9.17, 15) is 5.11 Å². The van der Waals surface area contributed by atoms with Crippen molar-refractivity contribution in [2.45, 2.75) is 63.3 Å². The summed E-state index contributed by atoms with van der Waals surface area (Å²) in [7, 11) is 0. The van der Waals surface area contributed by atoms with E-state index < -0.39 is 6.10 Å². The monoisotopic (exact) mass is 299 g/mol. The average Bonchev–Trinajstić information content (AvgIpc) is 2.69. The summed E-state index contributed by atoms with van der Waals surface area (Å²) in [6.07, 6.45) is 6.43. The number of hydrogen-bond acceptors (Lipinski definition) is 5. The highest BCUT2D eigenvalue weighted by molar-refractivity contribution is 7.99. The van der Waals surface area contributed by atoms with E-state index in [1.54, 1.807) is 11.8 Å². The standard InChI is InChI=1S/C14H25N3O2S/c1-2-3-9-19-10-12(18)11-20-14-16-15-13-7-5-4-6-8-17(13)14/h12,18H,2-11H2,1H3. The molecule has 0 radical (unpaired) electrons. The Morgan fingerprint density at radius 1 is 1.35 bits per heavy atom. The van der Waals surface area contributed by atoms with Crippen LogP contribution in [0.15, 0.2) is 5.16 Å². The summed E-state index contributed by atoms with van der Waals surface area (Å²) in [5.74, 6) is 1.71. The molecule has 0 aromatic carbocycles. The normalized spacial score (nSPS) is 16.7. The fourth-order valence-corrected chi connectivity index (χ4v) is 3.14. The Morgan fingerprint density at radius 3 is 3.10 bits per heavy atom. The van der Waals surface area contributed by atoms with Crippen LogP contribution in [0.2, 0.25) is 0 Å². The van der Waals surface area contributed by atoms with Gasteiger partial charge in [-0.1, -0.05) is 31.5 Å². The van der Waals surface area contributed by atoms with Gasteiger partial charge in [0.1, 0.15) is 5.82 Å². The lowest BCUT2D eigenvalue weighted by molar-refractivity contribution is 0.0473. The molecule has 1 N–H and O–H groups in total. The number of nitrogens with zero attached hydrogens (tertiary/aromatic N) is 3. The summed E-state index contributed by atoms with van der Waals surface area (Å²) in [6, 6.07) is 0. The Balaban J connectivity index is 1.75. The number of aryl methyl sites for hydroxylation is 1. The van der Waals surface area contributed by atoms with Crippen LogP contribution in [0.1, 0.15) is 44.9 Å². The van der Waals surface area contributed by atoms with Gasteiger partial charge in [0.05, 0.1) is 12.7 Å². The summed E-state index contributed by atoms with van der Waals surface area (Å²) in [6.45, 7) is 4.28. The first-order valence-corrected chi connectivity index (χ1v) is 8.60. The van der Waals surface area contributed by atoms with Crippen LogP contribution in [0.4, 0.5) is 0 Å². The molecular formula is C14H25N3O2S. The fourth-order valence-electron chi connectivity index (χ4n) is 2.25. The molecule has 1 unspecified atom stereocenters. The Kier molecular flexibility index (Phi) is 6.82. The smallest absolute Gasteiger partial charge is 0.191 e. The van der Waals surface area contributed by atoms with Crippen molar-refractivity contribution in [3.05, 3.63) is 5.82 Å². The molecule has 1 aromatic rings. The maximum absolute atomic E-state index is 9.90. The lowest BCUT2D eigenvalue weighted by Crippen LogP contribution is -2.18. The largest absolute Gasteiger partial charge is 0.390 e. The lowest BCUT2D eigenvalue weighted by atomic mass is 10.2. The zero-order valence-electron chi connectivity index (χ0n) is 12.3.